The van der Waals surface area contributed by atoms with Gasteiger partial charge in [0.2, 0.25) is 5.95 Å². The molecule has 3 aromatic rings. The van der Waals surface area contributed by atoms with E-state index in [2.05, 4.69) is 10.1 Å². The predicted molar refractivity (Wildman–Crippen MR) is 83.8 cm³/mol. The Bertz CT molecular complexity index is 910. The number of anilines is 1. The standard InChI is InChI=1S/C13H15N5O3S/c1-3-4-16(2)13-15-17(6-10(19)20)12(21)8-5-9-11(18(8)13)14-7-22-9/h5,7H,3-4,6H2,1-2H3,(H,19,20). The number of hydrogen-bond donors (Lipinski definition) is 1. The average Bonchev–Trinajstić information content (AvgIpc) is 3.02. The van der Waals surface area contributed by atoms with E-state index >= 15 is 0 Å². The van der Waals surface area contributed by atoms with Gasteiger partial charge >= 0.3 is 5.97 Å². The molecule has 3 aromatic heterocycles. The van der Waals surface area contributed by atoms with E-state index in [4.69, 9.17) is 5.11 Å². The van der Waals surface area contributed by atoms with Crippen LogP contribution in [0.25, 0.3) is 15.9 Å². The molecule has 0 atom stereocenters. The zero-order chi connectivity index (χ0) is 15.9. The highest BCUT2D eigenvalue weighted by Gasteiger charge is 2.19. The maximum atomic E-state index is 12.4. The third-order valence-corrected chi connectivity index (χ3v) is 4.11. The molecule has 0 aliphatic heterocycles. The second-order valence-electron chi connectivity index (χ2n) is 4.98. The second-order valence-corrected chi connectivity index (χ2v) is 5.87. The van der Waals surface area contributed by atoms with E-state index in [0.717, 1.165) is 22.3 Å². The van der Waals surface area contributed by atoms with Gasteiger partial charge in [-0.3, -0.25) is 14.0 Å². The normalized spacial score (nSPS) is 11.4. The molecule has 0 aliphatic rings. The molecule has 0 unspecified atom stereocenters. The summed E-state index contributed by atoms with van der Waals surface area (Å²) in [6.45, 7) is 2.31. The Balaban J connectivity index is 2.34. The number of carbonyl (C=O) groups is 1. The smallest absolute Gasteiger partial charge is 0.325 e. The molecule has 0 amide bonds. The number of aromatic nitrogens is 4. The van der Waals surface area contributed by atoms with Crippen LogP contribution in [0.2, 0.25) is 0 Å². The van der Waals surface area contributed by atoms with Crippen molar-refractivity contribution in [2.75, 3.05) is 18.5 Å². The number of carboxylic acid groups (broad SMARTS) is 1. The van der Waals surface area contributed by atoms with Gasteiger partial charge in [-0.1, -0.05) is 6.92 Å². The topological polar surface area (TPSA) is 92.7 Å². The van der Waals surface area contributed by atoms with Gasteiger partial charge in [-0.2, -0.15) is 0 Å². The summed E-state index contributed by atoms with van der Waals surface area (Å²) >= 11 is 1.43. The summed E-state index contributed by atoms with van der Waals surface area (Å²) < 4.78 is 3.56. The highest BCUT2D eigenvalue weighted by atomic mass is 32.1. The van der Waals surface area contributed by atoms with Crippen molar-refractivity contribution >= 4 is 39.1 Å². The molecule has 0 aliphatic carbocycles. The third kappa shape index (κ3) is 2.23. The fourth-order valence-corrected chi connectivity index (χ4v) is 3.12. The highest BCUT2D eigenvalue weighted by molar-refractivity contribution is 7.16. The van der Waals surface area contributed by atoms with Crippen molar-refractivity contribution in [3.8, 4) is 0 Å². The highest BCUT2D eigenvalue weighted by Crippen LogP contribution is 2.24. The Morgan fingerprint density at radius 3 is 2.95 bits per heavy atom. The number of carboxylic acids is 1. The van der Waals surface area contributed by atoms with Crippen molar-refractivity contribution in [2.45, 2.75) is 19.9 Å². The molecule has 3 rings (SSSR count). The lowest BCUT2D eigenvalue weighted by Gasteiger charge is -2.19. The Labute approximate surface area is 129 Å². The van der Waals surface area contributed by atoms with Crippen molar-refractivity contribution < 1.29 is 9.90 Å². The molecular formula is C13H15N5O3S. The maximum absolute atomic E-state index is 12.4. The van der Waals surface area contributed by atoms with Crippen LogP contribution in [0.1, 0.15) is 13.3 Å². The van der Waals surface area contributed by atoms with Crippen LogP contribution in [0.4, 0.5) is 5.95 Å². The zero-order valence-corrected chi connectivity index (χ0v) is 13.0. The molecule has 0 saturated carbocycles. The lowest BCUT2D eigenvalue weighted by atomic mass is 10.4. The fraction of sp³-hybridized carbons (Fsp3) is 0.385. The van der Waals surface area contributed by atoms with E-state index in [1.807, 2.05) is 18.9 Å². The summed E-state index contributed by atoms with van der Waals surface area (Å²) in [4.78, 5) is 29.6. The molecule has 8 nitrogen and oxygen atoms in total. The van der Waals surface area contributed by atoms with Gasteiger partial charge in [-0.25, -0.2) is 9.67 Å². The van der Waals surface area contributed by atoms with Gasteiger partial charge in [-0.05, 0) is 12.5 Å². The summed E-state index contributed by atoms with van der Waals surface area (Å²) in [5, 5.41) is 13.2. The van der Waals surface area contributed by atoms with Crippen LogP contribution >= 0.6 is 11.3 Å². The summed E-state index contributed by atoms with van der Waals surface area (Å²) in [5.74, 6) is -0.590. The van der Waals surface area contributed by atoms with Crippen molar-refractivity contribution in [2.24, 2.45) is 0 Å². The van der Waals surface area contributed by atoms with Crippen molar-refractivity contribution in [1.29, 1.82) is 0 Å². The van der Waals surface area contributed by atoms with Gasteiger partial charge in [0, 0.05) is 13.6 Å². The Morgan fingerprint density at radius 2 is 2.27 bits per heavy atom. The quantitative estimate of drug-likeness (QED) is 0.754. The van der Waals surface area contributed by atoms with Crippen molar-refractivity contribution in [1.82, 2.24) is 19.2 Å². The van der Waals surface area contributed by atoms with Gasteiger partial charge in [0.25, 0.3) is 5.56 Å². The van der Waals surface area contributed by atoms with Gasteiger partial charge in [-0.15, -0.1) is 16.4 Å². The van der Waals surface area contributed by atoms with E-state index in [1.54, 1.807) is 16.0 Å². The van der Waals surface area contributed by atoms with Crippen LogP contribution in [-0.2, 0) is 11.3 Å². The molecule has 1 N–H and O–H groups in total. The largest absolute Gasteiger partial charge is 0.480 e. The van der Waals surface area contributed by atoms with Crippen molar-refractivity contribution in [3.05, 3.63) is 21.9 Å². The minimum atomic E-state index is -1.10. The van der Waals surface area contributed by atoms with E-state index in [-0.39, 0.29) is 0 Å². The number of rotatable bonds is 5. The molecule has 9 heteroatoms. The first-order valence-corrected chi connectivity index (χ1v) is 7.69. The molecule has 0 aromatic carbocycles. The SMILES string of the molecule is CCCN(C)c1nn(CC(=O)O)c(=O)c2cc3scnc3n12. The molecular weight excluding hydrogens is 306 g/mol. The predicted octanol–water partition coefficient (Wildman–Crippen LogP) is 1.04. The first kappa shape index (κ1) is 14.5. The summed E-state index contributed by atoms with van der Waals surface area (Å²) in [7, 11) is 1.86. The monoisotopic (exact) mass is 321 g/mol. The fourth-order valence-electron chi connectivity index (χ4n) is 2.43. The zero-order valence-electron chi connectivity index (χ0n) is 12.2. The molecule has 0 spiro atoms. The molecule has 116 valence electrons. The van der Waals surface area contributed by atoms with E-state index in [9.17, 15) is 9.59 Å². The minimum Gasteiger partial charge on any atom is -0.480 e. The minimum absolute atomic E-state index is 0.392. The molecule has 0 saturated heterocycles. The van der Waals surface area contributed by atoms with Crippen LogP contribution in [0.3, 0.4) is 0 Å². The maximum Gasteiger partial charge on any atom is 0.325 e. The lowest BCUT2D eigenvalue weighted by molar-refractivity contribution is -0.137. The van der Waals surface area contributed by atoms with Crippen molar-refractivity contribution in [3.63, 3.8) is 0 Å². The molecule has 0 bridgehead atoms. The first-order chi connectivity index (χ1) is 10.5. The van der Waals surface area contributed by atoms with Gasteiger partial charge in [0.15, 0.2) is 5.65 Å². The summed E-state index contributed by atoms with van der Waals surface area (Å²) in [6, 6.07) is 1.73. The Morgan fingerprint density at radius 1 is 1.50 bits per heavy atom. The number of thiazole rings is 1. The molecule has 22 heavy (non-hydrogen) atoms. The van der Waals surface area contributed by atoms with Gasteiger partial charge < -0.3 is 10.0 Å². The van der Waals surface area contributed by atoms with Gasteiger partial charge in [0.05, 0.1) is 10.2 Å². The number of hydrogen-bond acceptors (Lipinski definition) is 6. The summed E-state index contributed by atoms with van der Waals surface area (Å²) in [6.07, 6.45) is 0.902. The second kappa shape index (κ2) is 5.41. The van der Waals surface area contributed by atoms with E-state index in [1.165, 1.54) is 11.3 Å². The molecule has 0 radical (unpaired) electrons. The Hall–Kier alpha value is -2.42. The molecule has 0 fully saturated rings. The number of aliphatic carboxylic acids is 1. The lowest BCUT2D eigenvalue weighted by Crippen LogP contribution is -2.32. The molecule has 3 heterocycles. The van der Waals surface area contributed by atoms with Crippen LogP contribution in [0, 0.1) is 0 Å². The third-order valence-electron chi connectivity index (χ3n) is 3.34. The van der Waals surface area contributed by atoms with E-state index in [0.29, 0.717) is 17.1 Å². The summed E-state index contributed by atoms with van der Waals surface area (Å²) in [5.41, 5.74) is 2.35. The van der Waals surface area contributed by atoms with Crippen LogP contribution in [0.5, 0.6) is 0 Å². The van der Waals surface area contributed by atoms with Crippen LogP contribution < -0.4 is 10.5 Å². The van der Waals surface area contributed by atoms with Crippen LogP contribution in [0.15, 0.2) is 16.4 Å². The first-order valence-electron chi connectivity index (χ1n) is 6.81. The van der Waals surface area contributed by atoms with E-state index < -0.39 is 18.1 Å². The Kier molecular flexibility index (Phi) is 3.57. The van der Waals surface area contributed by atoms with Crippen LogP contribution in [-0.4, -0.2) is 43.8 Å². The average molecular weight is 321 g/mol. The number of nitrogens with zero attached hydrogens (tertiary/aromatic N) is 5. The number of fused-ring (bicyclic) bond motifs is 3. The van der Waals surface area contributed by atoms with Gasteiger partial charge in [0.1, 0.15) is 12.1 Å².